The normalized spacial score (nSPS) is 29.4. The summed E-state index contributed by atoms with van der Waals surface area (Å²) in [5.41, 5.74) is -0.499. The van der Waals surface area contributed by atoms with Crippen LogP contribution in [0.3, 0.4) is 0 Å². The molecular weight excluding hydrogens is 238 g/mol. The van der Waals surface area contributed by atoms with Gasteiger partial charge >= 0.3 is 5.97 Å². The van der Waals surface area contributed by atoms with Crippen LogP contribution in [0.4, 0.5) is 0 Å². The third kappa shape index (κ3) is 4.48. The molecule has 0 aliphatic heterocycles. The predicted molar refractivity (Wildman–Crippen MR) is 79.3 cm³/mol. The van der Waals surface area contributed by atoms with E-state index in [0.717, 1.165) is 45.3 Å². The molecule has 1 aliphatic rings. The van der Waals surface area contributed by atoms with Crippen molar-refractivity contribution in [1.29, 1.82) is 0 Å². The van der Waals surface area contributed by atoms with Crippen LogP contribution in [0.5, 0.6) is 0 Å². The number of nitrogens with zero attached hydrogens (tertiary/aromatic N) is 1. The van der Waals surface area contributed by atoms with Crippen molar-refractivity contribution in [2.45, 2.75) is 59.8 Å². The molecule has 0 heterocycles. The quantitative estimate of drug-likeness (QED) is 0.767. The Morgan fingerprint density at radius 2 is 2.16 bits per heavy atom. The standard InChI is InChI=1S/C16H31NO2/c1-5-13(3)11-17(6-2)12-16(15(18)19)9-7-8-14(4)10-16/h13-14H,5-12H2,1-4H3,(H,18,19). The summed E-state index contributed by atoms with van der Waals surface area (Å²) in [5, 5.41) is 9.72. The van der Waals surface area contributed by atoms with Crippen LogP contribution in [0.15, 0.2) is 0 Å². The minimum absolute atomic E-state index is 0.499. The zero-order chi connectivity index (χ0) is 14.5. The second kappa shape index (κ2) is 7.28. The fraction of sp³-hybridized carbons (Fsp3) is 0.938. The Balaban J connectivity index is 2.73. The topological polar surface area (TPSA) is 40.5 Å². The van der Waals surface area contributed by atoms with Crippen LogP contribution >= 0.6 is 0 Å². The molecular formula is C16H31NO2. The number of carboxylic acids is 1. The van der Waals surface area contributed by atoms with Crippen LogP contribution in [-0.2, 0) is 4.79 Å². The molecule has 1 fully saturated rings. The molecule has 3 unspecified atom stereocenters. The molecule has 3 nitrogen and oxygen atoms in total. The van der Waals surface area contributed by atoms with E-state index in [-0.39, 0.29) is 0 Å². The minimum atomic E-state index is -0.582. The summed E-state index contributed by atoms with van der Waals surface area (Å²) in [4.78, 5) is 14.1. The molecule has 0 radical (unpaired) electrons. The molecule has 0 aromatic carbocycles. The lowest BCUT2D eigenvalue weighted by Crippen LogP contribution is -2.46. The van der Waals surface area contributed by atoms with E-state index in [0.29, 0.717) is 11.8 Å². The van der Waals surface area contributed by atoms with Gasteiger partial charge in [-0.2, -0.15) is 0 Å². The summed E-state index contributed by atoms with van der Waals surface area (Å²) in [5.74, 6) is 0.612. The van der Waals surface area contributed by atoms with Gasteiger partial charge in [0.15, 0.2) is 0 Å². The summed E-state index contributed by atoms with van der Waals surface area (Å²) in [6.45, 7) is 11.5. The maximum Gasteiger partial charge on any atom is 0.310 e. The first-order valence-corrected chi connectivity index (χ1v) is 7.89. The van der Waals surface area contributed by atoms with Crippen LogP contribution in [0.25, 0.3) is 0 Å². The third-order valence-corrected chi connectivity index (χ3v) is 4.79. The van der Waals surface area contributed by atoms with Gasteiger partial charge in [-0.15, -0.1) is 0 Å². The zero-order valence-corrected chi connectivity index (χ0v) is 13.1. The lowest BCUT2D eigenvalue weighted by atomic mass is 9.69. The van der Waals surface area contributed by atoms with Gasteiger partial charge in [-0.05, 0) is 31.2 Å². The van der Waals surface area contributed by atoms with Gasteiger partial charge in [-0.1, -0.05) is 47.0 Å². The zero-order valence-electron chi connectivity index (χ0n) is 13.1. The number of rotatable bonds is 7. The van der Waals surface area contributed by atoms with Gasteiger partial charge in [0, 0.05) is 13.1 Å². The molecule has 0 bridgehead atoms. The highest BCUT2D eigenvalue weighted by Crippen LogP contribution is 2.40. The molecule has 0 aromatic heterocycles. The maximum absolute atomic E-state index is 11.8. The van der Waals surface area contributed by atoms with Crippen molar-refractivity contribution in [2.24, 2.45) is 17.3 Å². The molecule has 0 amide bonds. The number of aliphatic carboxylic acids is 1. The van der Waals surface area contributed by atoms with Crippen LogP contribution < -0.4 is 0 Å². The number of hydrogen-bond donors (Lipinski definition) is 1. The SMILES string of the molecule is CCC(C)CN(CC)CC1(C(=O)O)CCCC(C)C1. The van der Waals surface area contributed by atoms with Gasteiger partial charge in [0.1, 0.15) is 0 Å². The summed E-state index contributed by atoms with van der Waals surface area (Å²) < 4.78 is 0. The van der Waals surface area contributed by atoms with Crippen molar-refractivity contribution in [3.05, 3.63) is 0 Å². The van der Waals surface area contributed by atoms with E-state index in [1.165, 1.54) is 6.42 Å². The van der Waals surface area contributed by atoms with Gasteiger partial charge in [0.25, 0.3) is 0 Å². The summed E-state index contributed by atoms with van der Waals surface area (Å²) in [7, 11) is 0. The number of carbonyl (C=O) groups is 1. The molecule has 0 aromatic rings. The molecule has 3 heteroatoms. The van der Waals surface area contributed by atoms with Crippen LogP contribution in [-0.4, -0.2) is 35.6 Å². The monoisotopic (exact) mass is 269 g/mol. The Bertz CT molecular complexity index is 292. The van der Waals surface area contributed by atoms with Gasteiger partial charge in [0.05, 0.1) is 5.41 Å². The van der Waals surface area contributed by atoms with E-state index in [9.17, 15) is 9.90 Å². The van der Waals surface area contributed by atoms with Gasteiger partial charge in [-0.3, -0.25) is 4.79 Å². The molecule has 19 heavy (non-hydrogen) atoms. The first-order valence-electron chi connectivity index (χ1n) is 7.89. The maximum atomic E-state index is 11.8. The van der Waals surface area contributed by atoms with Gasteiger partial charge < -0.3 is 10.0 Å². The van der Waals surface area contributed by atoms with E-state index in [2.05, 4.69) is 32.6 Å². The summed E-state index contributed by atoms with van der Waals surface area (Å²) in [6, 6.07) is 0. The van der Waals surface area contributed by atoms with Crippen LogP contribution in [0, 0.1) is 17.3 Å². The first kappa shape index (κ1) is 16.5. The molecule has 1 aliphatic carbocycles. The Morgan fingerprint density at radius 3 is 2.63 bits per heavy atom. The Morgan fingerprint density at radius 1 is 1.47 bits per heavy atom. The lowest BCUT2D eigenvalue weighted by molar-refractivity contribution is -0.153. The molecule has 1 saturated carbocycles. The van der Waals surface area contributed by atoms with Crippen molar-refractivity contribution < 1.29 is 9.90 Å². The summed E-state index contributed by atoms with van der Waals surface area (Å²) in [6.07, 6.45) is 5.11. The molecule has 0 saturated heterocycles. The van der Waals surface area contributed by atoms with Crippen LogP contribution in [0.1, 0.15) is 59.8 Å². The van der Waals surface area contributed by atoms with Crippen molar-refractivity contribution >= 4 is 5.97 Å². The van der Waals surface area contributed by atoms with E-state index >= 15 is 0 Å². The molecule has 1 N–H and O–H groups in total. The number of hydrogen-bond acceptors (Lipinski definition) is 2. The average molecular weight is 269 g/mol. The van der Waals surface area contributed by atoms with Crippen LogP contribution in [0.2, 0.25) is 0 Å². The second-order valence-electron chi connectivity index (χ2n) is 6.63. The molecule has 1 rings (SSSR count). The third-order valence-electron chi connectivity index (χ3n) is 4.79. The van der Waals surface area contributed by atoms with Gasteiger partial charge in [-0.25, -0.2) is 0 Å². The van der Waals surface area contributed by atoms with Crippen molar-refractivity contribution in [3.8, 4) is 0 Å². The minimum Gasteiger partial charge on any atom is -0.481 e. The highest BCUT2D eigenvalue weighted by Gasteiger charge is 2.42. The van der Waals surface area contributed by atoms with E-state index in [1.54, 1.807) is 0 Å². The molecule has 0 spiro atoms. The number of carboxylic acid groups (broad SMARTS) is 1. The Labute approximate surface area is 118 Å². The highest BCUT2D eigenvalue weighted by molar-refractivity contribution is 5.75. The lowest BCUT2D eigenvalue weighted by Gasteiger charge is -2.40. The van der Waals surface area contributed by atoms with E-state index < -0.39 is 11.4 Å². The van der Waals surface area contributed by atoms with Crippen molar-refractivity contribution in [3.63, 3.8) is 0 Å². The van der Waals surface area contributed by atoms with Crippen molar-refractivity contribution in [2.75, 3.05) is 19.6 Å². The second-order valence-corrected chi connectivity index (χ2v) is 6.63. The predicted octanol–water partition coefficient (Wildman–Crippen LogP) is 3.64. The Kier molecular flexibility index (Phi) is 6.31. The fourth-order valence-electron chi connectivity index (χ4n) is 3.37. The Hall–Kier alpha value is -0.570. The first-order chi connectivity index (χ1) is 8.93. The summed E-state index contributed by atoms with van der Waals surface area (Å²) >= 11 is 0. The smallest absolute Gasteiger partial charge is 0.310 e. The largest absolute Gasteiger partial charge is 0.481 e. The van der Waals surface area contributed by atoms with E-state index in [1.807, 2.05) is 0 Å². The molecule has 112 valence electrons. The highest BCUT2D eigenvalue weighted by atomic mass is 16.4. The molecule has 3 atom stereocenters. The average Bonchev–Trinajstić information content (AvgIpc) is 2.37. The van der Waals surface area contributed by atoms with Gasteiger partial charge in [0.2, 0.25) is 0 Å². The fourth-order valence-corrected chi connectivity index (χ4v) is 3.37. The van der Waals surface area contributed by atoms with E-state index in [4.69, 9.17) is 0 Å². The van der Waals surface area contributed by atoms with Crippen molar-refractivity contribution in [1.82, 2.24) is 4.90 Å².